The van der Waals surface area contributed by atoms with E-state index in [4.69, 9.17) is 9.47 Å². The van der Waals surface area contributed by atoms with Crippen molar-refractivity contribution in [3.8, 4) is 5.88 Å². The van der Waals surface area contributed by atoms with E-state index in [-0.39, 0.29) is 16.9 Å². The number of fused-ring (bicyclic) bond motifs is 3. The van der Waals surface area contributed by atoms with Gasteiger partial charge in [0.25, 0.3) is 0 Å². The molecule has 8 rings (SSSR count). The molecular weight excluding hydrogens is 647 g/mol. The Hall–Kier alpha value is -4.77. The van der Waals surface area contributed by atoms with Crippen molar-refractivity contribution in [2.75, 3.05) is 19.0 Å². The molecule has 9 nitrogen and oxygen atoms in total. The van der Waals surface area contributed by atoms with Crippen molar-refractivity contribution in [1.82, 2.24) is 14.5 Å². The molecule has 1 aromatic heterocycles. The van der Waals surface area contributed by atoms with Gasteiger partial charge in [0, 0.05) is 18.7 Å². The Morgan fingerprint density at radius 2 is 1.60 bits per heavy atom. The SMILES string of the molecule is COC[C@H]1CCc2cc3c(c(NC(=O)N=[S@@](=O)(NC(c4ccccc4)(c4ccccc4)c4ccccc4)c4cnn5c4O[C@H](C)C5)c21)CCC3. The van der Waals surface area contributed by atoms with Crippen molar-refractivity contribution in [2.24, 2.45) is 4.36 Å². The zero-order valence-corrected chi connectivity index (χ0v) is 29.1. The highest BCUT2D eigenvalue weighted by Gasteiger charge is 2.42. The van der Waals surface area contributed by atoms with Crippen molar-refractivity contribution >= 4 is 21.6 Å². The fraction of sp³-hybridized carbons (Fsp3) is 0.300. The van der Waals surface area contributed by atoms with E-state index in [0.29, 0.717) is 19.0 Å². The average molecular weight is 688 g/mol. The third-order valence-electron chi connectivity index (χ3n) is 10.2. The van der Waals surface area contributed by atoms with Gasteiger partial charge in [-0.3, -0.25) is 0 Å². The number of rotatable bonds is 9. The van der Waals surface area contributed by atoms with E-state index in [2.05, 4.69) is 25.6 Å². The van der Waals surface area contributed by atoms with Gasteiger partial charge >= 0.3 is 6.03 Å². The summed E-state index contributed by atoms with van der Waals surface area (Å²) in [5.74, 6) is 0.505. The first-order valence-electron chi connectivity index (χ1n) is 17.3. The summed E-state index contributed by atoms with van der Waals surface area (Å²) in [6, 6.07) is 31.2. The molecule has 1 aliphatic heterocycles. The summed E-state index contributed by atoms with van der Waals surface area (Å²) in [4.78, 5) is 14.7. The molecule has 0 bridgehead atoms. The number of hydrogen-bond donors (Lipinski definition) is 2. The zero-order chi connectivity index (χ0) is 34.3. The molecule has 4 aromatic carbocycles. The van der Waals surface area contributed by atoms with Gasteiger partial charge in [-0.05, 0) is 78.0 Å². The molecule has 0 saturated carbocycles. The Labute approximate surface area is 293 Å². The monoisotopic (exact) mass is 687 g/mol. The normalized spacial score (nSPS) is 18.8. The third kappa shape index (κ3) is 5.61. The maximum absolute atomic E-state index is 16.0. The Kier molecular flexibility index (Phi) is 8.54. The lowest BCUT2D eigenvalue weighted by Crippen LogP contribution is -2.48. The summed E-state index contributed by atoms with van der Waals surface area (Å²) < 4.78 is 37.7. The molecule has 2 amide bonds. The van der Waals surface area contributed by atoms with Gasteiger partial charge in [-0.2, -0.15) is 5.10 Å². The number of benzene rings is 4. The second-order valence-electron chi connectivity index (χ2n) is 13.4. The minimum Gasteiger partial charge on any atom is -0.472 e. The van der Waals surface area contributed by atoms with Gasteiger partial charge in [0.05, 0.1) is 19.3 Å². The molecule has 0 radical (unpaired) electrons. The van der Waals surface area contributed by atoms with Crippen molar-refractivity contribution in [3.05, 3.63) is 142 Å². The van der Waals surface area contributed by atoms with Gasteiger partial charge in [0.15, 0.2) is 9.92 Å². The van der Waals surface area contributed by atoms with Crippen LogP contribution in [0.5, 0.6) is 5.88 Å². The van der Waals surface area contributed by atoms with Crippen LogP contribution in [0.1, 0.15) is 64.6 Å². The van der Waals surface area contributed by atoms with Crippen LogP contribution in [0.25, 0.3) is 0 Å². The summed E-state index contributed by atoms with van der Waals surface area (Å²) in [6.45, 7) is 3.00. The molecule has 0 fully saturated rings. The summed E-state index contributed by atoms with van der Waals surface area (Å²) in [5, 5.41) is 7.73. The van der Waals surface area contributed by atoms with Gasteiger partial charge in [-0.25, -0.2) is 18.4 Å². The molecule has 3 atom stereocenters. The van der Waals surface area contributed by atoms with Gasteiger partial charge in [-0.15, -0.1) is 4.36 Å². The number of amides is 2. The van der Waals surface area contributed by atoms with Crippen molar-refractivity contribution in [1.29, 1.82) is 0 Å². The van der Waals surface area contributed by atoms with Crippen LogP contribution >= 0.6 is 0 Å². The number of hydrogen-bond acceptors (Lipinski definition) is 5. The first kappa shape index (κ1) is 32.4. The Balaban J connectivity index is 1.33. The first-order valence-corrected chi connectivity index (χ1v) is 18.8. The van der Waals surface area contributed by atoms with Gasteiger partial charge < -0.3 is 14.8 Å². The van der Waals surface area contributed by atoms with Crippen LogP contribution in [-0.4, -0.2) is 39.8 Å². The molecule has 0 unspecified atom stereocenters. The van der Waals surface area contributed by atoms with E-state index in [0.717, 1.165) is 65.6 Å². The number of aryl methyl sites for hydroxylation is 2. The van der Waals surface area contributed by atoms with E-state index >= 15 is 4.21 Å². The van der Waals surface area contributed by atoms with E-state index in [9.17, 15) is 4.79 Å². The topological polar surface area (TPSA) is 107 Å². The van der Waals surface area contributed by atoms with E-state index in [1.54, 1.807) is 11.8 Å². The number of carbonyl (C=O) groups is 1. The van der Waals surface area contributed by atoms with Gasteiger partial charge in [0.2, 0.25) is 5.88 Å². The Bertz CT molecular complexity index is 2060. The number of aromatic nitrogens is 2. The van der Waals surface area contributed by atoms with Crippen molar-refractivity contribution in [3.63, 3.8) is 0 Å². The quantitative estimate of drug-likeness (QED) is 0.157. The van der Waals surface area contributed by atoms with Crippen molar-refractivity contribution < 1.29 is 18.5 Å². The number of carbonyl (C=O) groups excluding carboxylic acids is 1. The molecular formula is C40H41N5O4S. The maximum atomic E-state index is 16.0. The molecule has 5 aromatic rings. The highest BCUT2D eigenvalue weighted by Crippen LogP contribution is 2.45. The largest absolute Gasteiger partial charge is 0.472 e. The van der Waals surface area contributed by atoms with Crippen LogP contribution in [-0.2, 0) is 46.0 Å². The van der Waals surface area contributed by atoms with Gasteiger partial charge in [0.1, 0.15) is 16.5 Å². The molecule has 0 saturated heterocycles. The van der Waals surface area contributed by atoms with Crippen LogP contribution in [0, 0.1) is 0 Å². The predicted octanol–water partition coefficient (Wildman–Crippen LogP) is 7.38. The van der Waals surface area contributed by atoms with Crippen molar-refractivity contribution in [2.45, 2.75) is 68.0 Å². The molecule has 256 valence electrons. The number of nitrogens with zero attached hydrogens (tertiary/aromatic N) is 3. The fourth-order valence-corrected chi connectivity index (χ4v) is 9.95. The summed E-state index contributed by atoms with van der Waals surface area (Å²) in [6.07, 6.45) is 6.10. The second-order valence-corrected chi connectivity index (χ2v) is 15.3. The lowest BCUT2D eigenvalue weighted by atomic mass is 9.78. The maximum Gasteiger partial charge on any atom is 0.354 e. The number of methoxy groups -OCH3 is 1. The second kappa shape index (κ2) is 13.2. The number of anilines is 1. The lowest BCUT2D eigenvalue weighted by Gasteiger charge is -2.37. The first-order chi connectivity index (χ1) is 24.4. The molecule has 3 aliphatic rings. The molecule has 0 spiro atoms. The van der Waals surface area contributed by atoms with E-state index < -0.39 is 21.5 Å². The van der Waals surface area contributed by atoms with Crippen LogP contribution in [0.4, 0.5) is 10.5 Å². The highest BCUT2D eigenvalue weighted by atomic mass is 32.2. The predicted molar refractivity (Wildman–Crippen MR) is 194 cm³/mol. The van der Waals surface area contributed by atoms with Crippen LogP contribution in [0.15, 0.2) is 113 Å². The summed E-state index contributed by atoms with van der Waals surface area (Å²) in [7, 11) is -2.10. The standard InChI is InChI=1S/C40H41N5O4S/c1-27-25-45-38(49-27)35(24-41-45)50(47,43-39(46)42-37-34-20-12-13-28(34)23-29-21-22-30(26-48-2)36(29)37)44-40(31-14-6-3-7-15-31,32-16-8-4-9-17-32)33-18-10-5-11-19-33/h3-11,14-19,23-24,27,30H,12-13,20-22,25-26H2,1-2H3,(H2,42,43,44,46,47)/t27-,30-,50-/m1/s1. The van der Waals surface area contributed by atoms with E-state index in [1.807, 2.05) is 97.9 Å². The molecule has 2 N–H and O–H groups in total. The lowest BCUT2D eigenvalue weighted by molar-refractivity contribution is 0.179. The number of ether oxygens (including phenoxy) is 2. The average Bonchev–Trinajstić information content (AvgIpc) is 3.93. The Morgan fingerprint density at radius 1 is 0.960 bits per heavy atom. The minimum atomic E-state index is -3.82. The molecule has 2 heterocycles. The fourth-order valence-electron chi connectivity index (χ4n) is 8.07. The smallest absolute Gasteiger partial charge is 0.354 e. The number of urea groups is 1. The van der Waals surface area contributed by atoms with E-state index in [1.165, 1.54) is 17.3 Å². The minimum absolute atomic E-state index is 0.161. The van der Waals surface area contributed by atoms with Crippen LogP contribution in [0.3, 0.4) is 0 Å². The summed E-state index contributed by atoms with van der Waals surface area (Å²) >= 11 is 0. The van der Waals surface area contributed by atoms with Crippen LogP contribution < -0.4 is 14.8 Å². The number of nitrogens with one attached hydrogen (secondary N) is 2. The van der Waals surface area contributed by atoms with Gasteiger partial charge in [-0.1, -0.05) is 97.1 Å². The zero-order valence-electron chi connectivity index (χ0n) is 28.3. The Morgan fingerprint density at radius 3 is 2.22 bits per heavy atom. The molecule has 10 heteroatoms. The molecule has 2 aliphatic carbocycles. The van der Waals surface area contributed by atoms with Crippen LogP contribution in [0.2, 0.25) is 0 Å². The summed E-state index contributed by atoms with van der Waals surface area (Å²) in [5.41, 5.74) is 6.88. The molecule has 50 heavy (non-hydrogen) atoms. The third-order valence-corrected chi connectivity index (χ3v) is 12.1. The highest BCUT2D eigenvalue weighted by molar-refractivity contribution is 7.92.